The van der Waals surface area contributed by atoms with Crippen molar-refractivity contribution in [2.75, 3.05) is 17.3 Å². The molecule has 10 heteroatoms. The van der Waals surface area contributed by atoms with E-state index in [0.717, 1.165) is 6.20 Å². The third kappa shape index (κ3) is 3.37. The minimum Gasteiger partial charge on any atom is -0.306 e. The van der Waals surface area contributed by atoms with E-state index in [1.807, 2.05) is 0 Å². The fourth-order valence-electron chi connectivity index (χ4n) is 2.49. The molecular formula is C16H14ClF3N4O2. The van der Waals surface area contributed by atoms with Gasteiger partial charge in [0.05, 0.1) is 17.4 Å². The fraction of sp³-hybridized carbons (Fsp3) is 0.375. The molecule has 0 N–H and O–H groups in total. The van der Waals surface area contributed by atoms with Crippen LogP contribution in [0.3, 0.4) is 0 Å². The number of amides is 3. The van der Waals surface area contributed by atoms with Gasteiger partial charge in [0.1, 0.15) is 11.6 Å². The summed E-state index contributed by atoms with van der Waals surface area (Å²) >= 11 is 5.53. The number of anilines is 1. The molecule has 1 aliphatic rings. The lowest BCUT2D eigenvalue weighted by Gasteiger charge is -2.26. The van der Waals surface area contributed by atoms with Crippen molar-refractivity contribution >= 4 is 29.2 Å². The van der Waals surface area contributed by atoms with Crippen LogP contribution in [-0.2, 0) is 11.0 Å². The summed E-state index contributed by atoms with van der Waals surface area (Å²) in [6.45, 7) is 3.05. The normalized spacial score (nSPS) is 17.3. The van der Waals surface area contributed by atoms with Crippen LogP contribution in [0.25, 0.3) is 0 Å². The first-order valence-corrected chi connectivity index (χ1v) is 7.93. The van der Waals surface area contributed by atoms with E-state index in [0.29, 0.717) is 11.0 Å². The van der Waals surface area contributed by atoms with E-state index in [-0.39, 0.29) is 18.1 Å². The number of carbonyl (C=O) groups excluding carboxylic acids is 2. The highest BCUT2D eigenvalue weighted by molar-refractivity contribution is 6.23. The lowest BCUT2D eigenvalue weighted by atomic mass is 10.0. The second kappa shape index (κ2) is 6.96. The van der Waals surface area contributed by atoms with Gasteiger partial charge in [0.2, 0.25) is 0 Å². The SMILES string of the molecule is CC1(C)C(=O)N(c2cnc(C#N)c(C(F)(F)F)c2)C(=O)N1CC=CCCl. The Balaban J connectivity index is 2.49. The summed E-state index contributed by atoms with van der Waals surface area (Å²) < 4.78 is 39.4. The number of hydrogen-bond acceptors (Lipinski definition) is 4. The Bertz CT molecular complexity index is 815. The van der Waals surface area contributed by atoms with Gasteiger partial charge in [0.25, 0.3) is 5.91 Å². The third-order valence-corrected chi connectivity index (χ3v) is 4.09. The van der Waals surface area contributed by atoms with E-state index in [1.165, 1.54) is 24.8 Å². The number of halogens is 4. The van der Waals surface area contributed by atoms with Gasteiger partial charge in [0, 0.05) is 12.4 Å². The van der Waals surface area contributed by atoms with Gasteiger partial charge in [-0.1, -0.05) is 12.2 Å². The van der Waals surface area contributed by atoms with Gasteiger partial charge in [0.15, 0.2) is 5.69 Å². The molecule has 0 aliphatic carbocycles. The quantitative estimate of drug-likeness (QED) is 0.452. The van der Waals surface area contributed by atoms with Crippen LogP contribution < -0.4 is 4.90 Å². The lowest BCUT2D eigenvalue weighted by molar-refractivity contribution is -0.138. The zero-order valence-electron chi connectivity index (χ0n) is 13.8. The topological polar surface area (TPSA) is 77.3 Å². The summed E-state index contributed by atoms with van der Waals surface area (Å²) in [5.74, 6) is -0.476. The van der Waals surface area contributed by atoms with E-state index in [9.17, 15) is 22.8 Å². The van der Waals surface area contributed by atoms with Crippen molar-refractivity contribution in [2.24, 2.45) is 0 Å². The van der Waals surface area contributed by atoms with Crippen molar-refractivity contribution in [3.63, 3.8) is 0 Å². The van der Waals surface area contributed by atoms with Crippen molar-refractivity contribution in [3.05, 3.63) is 35.7 Å². The van der Waals surface area contributed by atoms with Gasteiger partial charge < -0.3 is 4.90 Å². The molecule has 0 aromatic carbocycles. The Morgan fingerprint density at radius 2 is 2.00 bits per heavy atom. The summed E-state index contributed by atoms with van der Waals surface area (Å²) in [5, 5.41) is 8.80. The molecule has 1 aliphatic heterocycles. The maximum atomic E-state index is 13.1. The molecule has 0 atom stereocenters. The number of rotatable bonds is 4. The van der Waals surface area contributed by atoms with Crippen molar-refractivity contribution in [1.29, 1.82) is 5.26 Å². The number of alkyl halides is 4. The maximum absolute atomic E-state index is 13.1. The van der Waals surface area contributed by atoms with E-state index < -0.39 is 34.9 Å². The van der Waals surface area contributed by atoms with Gasteiger partial charge in [-0.05, 0) is 19.9 Å². The number of pyridine rings is 1. The van der Waals surface area contributed by atoms with Crippen LogP contribution in [0.5, 0.6) is 0 Å². The summed E-state index contributed by atoms with van der Waals surface area (Å²) in [4.78, 5) is 30.6. The number of nitriles is 1. The van der Waals surface area contributed by atoms with Crippen LogP contribution in [0.1, 0.15) is 25.1 Å². The first kappa shape index (κ1) is 19.7. The molecule has 0 radical (unpaired) electrons. The van der Waals surface area contributed by atoms with Crippen molar-refractivity contribution in [3.8, 4) is 6.07 Å². The molecule has 2 rings (SSSR count). The van der Waals surface area contributed by atoms with Gasteiger partial charge >= 0.3 is 12.2 Å². The molecule has 1 aromatic rings. The Kier molecular flexibility index (Phi) is 5.28. The molecule has 1 saturated heterocycles. The average Bonchev–Trinajstić information content (AvgIpc) is 2.73. The number of imide groups is 1. The standard InChI is InChI=1S/C16H14ClF3N4O2/c1-15(2)13(25)24(14(26)23(15)6-4-3-5-17)10-7-11(16(18,19)20)12(8-21)22-9-10/h3-4,7,9H,5-6H2,1-2H3. The fourth-order valence-corrected chi connectivity index (χ4v) is 2.62. The molecule has 6 nitrogen and oxygen atoms in total. The van der Waals surface area contributed by atoms with Crippen molar-refractivity contribution < 1.29 is 22.8 Å². The zero-order chi connectivity index (χ0) is 19.7. The van der Waals surface area contributed by atoms with Crippen LogP contribution in [0, 0.1) is 11.3 Å². The van der Waals surface area contributed by atoms with Crippen molar-refractivity contribution in [1.82, 2.24) is 9.88 Å². The summed E-state index contributed by atoms with van der Waals surface area (Å²) in [5.41, 5.74) is -3.75. The second-order valence-electron chi connectivity index (χ2n) is 5.92. The van der Waals surface area contributed by atoms with Crippen molar-refractivity contribution in [2.45, 2.75) is 25.6 Å². The Labute approximate surface area is 152 Å². The molecule has 138 valence electrons. The van der Waals surface area contributed by atoms with E-state index >= 15 is 0 Å². The summed E-state index contributed by atoms with van der Waals surface area (Å²) in [6.07, 6.45) is -0.777. The van der Waals surface area contributed by atoms with Crippen LogP contribution >= 0.6 is 11.6 Å². The smallest absolute Gasteiger partial charge is 0.306 e. The number of hydrogen-bond donors (Lipinski definition) is 0. The summed E-state index contributed by atoms with van der Waals surface area (Å²) in [7, 11) is 0. The average molecular weight is 387 g/mol. The highest BCUT2D eigenvalue weighted by Crippen LogP contribution is 2.36. The zero-order valence-corrected chi connectivity index (χ0v) is 14.6. The molecule has 1 aromatic heterocycles. The largest absolute Gasteiger partial charge is 0.419 e. The maximum Gasteiger partial charge on any atom is 0.419 e. The molecule has 0 unspecified atom stereocenters. The minimum atomic E-state index is -4.85. The number of urea groups is 1. The molecule has 1 fully saturated rings. The predicted octanol–water partition coefficient (Wildman–Crippen LogP) is 3.31. The number of carbonyl (C=O) groups is 2. The summed E-state index contributed by atoms with van der Waals surface area (Å²) in [6, 6.07) is 1.15. The highest BCUT2D eigenvalue weighted by Gasteiger charge is 2.51. The number of nitrogens with zero attached hydrogens (tertiary/aromatic N) is 4. The van der Waals surface area contributed by atoms with Crippen LogP contribution in [-0.4, -0.2) is 39.8 Å². The van der Waals surface area contributed by atoms with Gasteiger partial charge in [-0.2, -0.15) is 18.4 Å². The molecule has 26 heavy (non-hydrogen) atoms. The lowest BCUT2D eigenvalue weighted by Crippen LogP contribution is -2.44. The van der Waals surface area contributed by atoms with Gasteiger partial charge in [-0.3, -0.25) is 4.79 Å². The van der Waals surface area contributed by atoms with Crippen LogP contribution in [0.2, 0.25) is 0 Å². The first-order chi connectivity index (χ1) is 12.1. The van der Waals surface area contributed by atoms with Crippen LogP contribution in [0.15, 0.2) is 24.4 Å². The Morgan fingerprint density at radius 3 is 2.54 bits per heavy atom. The number of aromatic nitrogens is 1. The molecular weight excluding hydrogens is 373 g/mol. The van der Waals surface area contributed by atoms with Crippen LogP contribution in [0.4, 0.5) is 23.7 Å². The Morgan fingerprint density at radius 1 is 1.35 bits per heavy atom. The second-order valence-corrected chi connectivity index (χ2v) is 6.23. The highest BCUT2D eigenvalue weighted by atomic mass is 35.5. The predicted molar refractivity (Wildman–Crippen MR) is 87.5 cm³/mol. The molecule has 0 saturated carbocycles. The minimum absolute atomic E-state index is 0.0661. The molecule has 3 amide bonds. The molecule has 2 heterocycles. The van der Waals surface area contributed by atoms with E-state index in [4.69, 9.17) is 16.9 Å². The van der Waals surface area contributed by atoms with Gasteiger partial charge in [-0.15, -0.1) is 11.6 Å². The van der Waals surface area contributed by atoms with E-state index in [1.54, 1.807) is 12.2 Å². The molecule has 0 spiro atoms. The monoisotopic (exact) mass is 386 g/mol. The molecule has 0 bridgehead atoms. The van der Waals surface area contributed by atoms with E-state index in [2.05, 4.69) is 4.98 Å². The first-order valence-electron chi connectivity index (χ1n) is 7.40. The Hall–Kier alpha value is -2.60. The third-order valence-electron chi connectivity index (χ3n) is 3.91. The number of allylic oxidation sites excluding steroid dienone is 1. The van der Waals surface area contributed by atoms with Gasteiger partial charge in [-0.25, -0.2) is 14.7 Å².